The molecule has 2 nitrogen and oxygen atoms in total. The van der Waals surface area contributed by atoms with Gasteiger partial charge in [-0.25, -0.2) is 9.18 Å². The van der Waals surface area contributed by atoms with Crippen LogP contribution in [0.4, 0.5) is 4.39 Å². The maximum absolute atomic E-state index is 13.4. The molecule has 0 saturated heterocycles. The van der Waals surface area contributed by atoms with E-state index in [1.165, 1.54) is 13.2 Å². The molecule has 0 aromatic heterocycles. The predicted octanol–water partition coefficient (Wildman–Crippen LogP) is 2.48. The molecule has 0 saturated carbocycles. The van der Waals surface area contributed by atoms with Gasteiger partial charge in [0.25, 0.3) is 0 Å². The van der Waals surface area contributed by atoms with Crippen LogP contribution in [0.15, 0.2) is 12.1 Å². The number of carbonyl (C=O) groups is 1. The van der Waals surface area contributed by atoms with E-state index in [9.17, 15) is 9.18 Å². The van der Waals surface area contributed by atoms with Crippen molar-refractivity contribution in [2.45, 2.75) is 20.3 Å². The monoisotopic (exact) mass is 196 g/mol. The number of esters is 1. The highest BCUT2D eigenvalue weighted by atomic mass is 19.1. The Kier molecular flexibility index (Phi) is 3.23. The Morgan fingerprint density at radius 3 is 2.57 bits per heavy atom. The lowest BCUT2D eigenvalue weighted by Gasteiger charge is -2.07. The molecule has 1 aromatic rings. The van der Waals surface area contributed by atoms with Crippen molar-refractivity contribution in [3.05, 3.63) is 34.6 Å². The van der Waals surface area contributed by atoms with Crippen LogP contribution in [-0.2, 0) is 11.2 Å². The van der Waals surface area contributed by atoms with Crippen molar-refractivity contribution in [2.75, 3.05) is 7.11 Å². The summed E-state index contributed by atoms with van der Waals surface area (Å²) in [7, 11) is 1.28. The molecule has 0 aliphatic heterocycles. The lowest BCUT2D eigenvalue weighted by molar-refractivity contribution is 0.0600. The van der Waals surface area contributed by atoms with Crippen LogP contribution in [0.5, 0.6) is 0 Å². The molecule has 76 valence electrons. The van der Waals surface area contributed by atoms with Gasteiger partial charge in [-0.2, -0.15) is 0 Å². The van der Waals surface area contributed by atoms with E-state index in [4.69, 9.17) is 0 Å². The summed E-state index contributed by atoms with van der Waals surface area (Å²) in [5.41, 5.74) is 1.70. The van der Waals surface area contributed by atoms with Crippen molar-refractivity contribution in [1.82, 2.24) is 0 Å². The molecule has 14 heavy (non-hydrogen) atoms. The Morgan fingerprint density at radius 2 is 2.14 bits per heavy atom. The summed E-state index contributed by atoms with van der Waals surface area (Å²) in [6.07, 6.45) is 0.624. The van der Waals surface area contributed by atoms with E-state index in [1.54, 1.807) is 13.0 Å². The van der Waals surface area contributed by atoms with Crippen molar-refractivity contribution in [1.29, 1.82) is 0 Å². The summed E-state index contributed by atoms with van der Waals surface area (Å²) in [6, 6.07) is 2.87. The highest BCUT2D eigenvalue weighted by Gasteiger charge is 2.11. The van der Waals surface area contributed by atoms with Gasteiger partial charge in [0.2, 0.25) is 0 Å². The first-order chi connectivity index (χ1) is 6.60. The molecule has 0 radical (unpaired) electrons. The molecule has 0 bridgehead atoms. The number of methoxy groups -OCH3 is 1. The third-order valence-electron chi connectivity index (χ3n) is 2.19. The van der Waals surface area contributed by atoms with Gasteiger partial charge in [-0.3, -0.25) is 0 Å². The average Bonchev–Trinajstić information content (AvgIpc) is 2.16. The summed E-state index contributed by atoms with van der Waals surface area (Å²) in [6.45, 7) is 3.66. The maximum Gasteiger partial charge on any atom is 0.337 e. The molecular formula is C11H13FO2. The maximum atomic E-state index is 13.4. The SMILES string of the molecule is CCc1c(C)cc(C(=O)OC)cc1F. The lowest BCUT2D eigenvalue weighted by Crippen LogP contribution is -2.04. The fourth-order valence-electron chi connectivity index (χ4n) is 1.46. The summed E-state index contributed by atoms with van der Waals surface area (Å²) in [5.74, 6) is -0.845. The van der Waals surface area contributed by atoms with Crippen LogP contribution in [0.1, 0.15) is 28.4 Å². The summed E-state index contributed by atoms with van der Waals surface area (Å²) >= 11 is 0. The van der Waals surface area contributed by atoms with E-state index in [2.05, 4.69) is 4.74 Å². The van der Waals surface area contributed by atoms with Crippen molar-refractivity contribution < 1.29 is 13.9 Å². The minimum Gasteiger partial charge on any atom is -0.465 e. The van der Waals surface area contributed by atoms with E-state index in [0.717, 1.165) is 5.56 Å². The number of rotatable bonds is 2. The van der Waals surface area contributed by atoms with E-state index in [-0.39, 0.29) is 11.4 Å². The van der Waals surface area contributed by atoms with Crippen molar-refractivity contribution in [3.63, 3.8) is 0 Å². The Balaban J connectivity index is 3.20. The van der Waals surface area contributed by atoms with Gasteiger partial charge >= 0.3 is 5.97 Å². The second-order valence-corrected chi connectivity index (χ2v) is 3.10. The van der Waals surface area contributed by atoms with E-state index in [0.29, 0.717) is 12.0 Å². The van der Waals surface area contributed by atoms with E-state index in [1.807, 2.05) is 6.92 Å². The topological polar surface area (TPSA) is 26.3 Å². The smallest absolute Gasteiger partial charge is 0.337 e. The molecule has 0 atom stereocenters. The average molecular weight is 196 g/mol. The van der Waals surface area contributed by atoms with Crippen LogP contribution >= 0.6 is 0 Å². The zero-order chi connectivity index (χ0) is 10.7. The molecule has 0 amide bonds. The Morgan fingerprint density at radius 1 is 1.50 bits per heavy atom. The zero-order valence-electron chi connectivity index (χ0n) is 8.56. The third-order valence-corrected chi connectivity index (χ3v) is 2.19. The molecule has 0 aliphatic rings. The minimum absolute atomic E-state index is 0.264. The van der Waals surface area contributed by atoms with Gasteiger partial charge in [-0.05, 0) is 36.6 Å². The molecule has 1 rings (SSSR count). The van der Waals surface area contributed by atoms with Gasteiger partial charge in [-0.15, -0.1) is 0 Å². The van der Waals surface area contributed by atoms with Crippen LogP contribution in [0.3, 0.4) is 0 Å². The van der Waals surface area contributed by atoms with Gasteiger partial charge in [0.15, 0.2) is 0 Å². The van der Waals surface area contributed by atoms with Crippen molar-refractivity contribution in [2.24, 2.45) is 0 Å². The summed E-state index contributed by atoms with van der Waals surface area (Å²) in [5, 5.41) is 0. The number of carbonyl (C=O) groups excluding carboxylic acids is 1. The molecule has 0 fully saturated rings. The summed E-state index contributed by atoms with van der Waals surface area (Å²) in [4.78, 5) is 11.1. The van der Waals surface area contributed by atoms with Gasteiger partial charge < -0.3 is 4.74 Å². The Bertz CT molecular complexity index is 335. The first kappa shape index (κ1) is 10.7. The zero-order valence-corrected chi connectivity index (χ0v) is 8.56. The van der Waals surface area contributed by atoms with Crippen LogP contribution in [0.25, 0.3) is 0 Å². The number of aryl methyl sites for hydroxylation is 1. The first-order valence-corrected chi connectivity index (χ1v) is 4.47. The normalized spacial score (nSPS) is 10.0. The van der Waals surface area contributed by atoms with Crippen LogP contribution in [-0.4, -0.2) is 13.1 Å². The largest absolute Gasteiger partial charge is 0.465 e. The van der Waals surface area contributed by atoms with Gasteiger partial charge in [0.05, 0.1) is 12.7 Å². The first-order valence-electron chi connectivity index (χ1n) is 4.47. The highest BCUT2D eigenvalue weighted by Crippen LogP contribution is 2.17. The van der Waals surface area contributed by atoms with Crippen LogP contribution in [0.2, 0.25) is 0 Å². The fourth-order valence-corrected chi connectivity index (χ4v) is 1.46. The standard InChI is InChI=1S/C11H13FO2/c1-4-9-7(2)5-8(6-10(9)12)11(13)14-3/h5-6H,4H2,1-3H3. The molecule has 0 aliphatic carbocycles. The van der Waals surface area contributed by atoms with Crippen molar-refractivity contribution >= 4 is 5.97 Å². The van der Waals surface area contributed by atoms with E-state index < -0.39 is 5.97 Å². The number of ether oxygens (including phenoxy) is 1. The van der Waals surface area contributed by atoms with Crippen LogP contribution in [0, 0.1) is 12.7 Å². The third kappa shape index (κ3) is 1.92. The lowest BCUT2D eigenvalue weighted by atomic mass is 10.0. The number of hydrogen-bond acceptors (Lipinski definition) is 2. The predicted molar refractivity (Wildman–Crippen MR) is 51.9 cm³/mol. The second-order valence-electron chi connectivity index (χ2n) is 3.10. The van der Waals surface area contributed by atoms with Gasteiger partial charge in [0.1, 0.15) is 5.82 Å². The molecule has 0 heterocycles. The number of hydrogen-bond donors (Lipinski definition) is 0. The molecule has 3 heteroatoms. The molecular weight excluding hydrogens is 183 g/mol. The Hall–Kier alpha value is -1.38. The molecule has 0 spiro atoms. The van der Waals surface area contributed by atoms with Crippen LogP contribution < -0.4 is 0 Å². The molecule has 0 unspecified atom stereocenters. The fraction of sp³-hybridized carbons (Fsp3) is 0.364. The second kappa shape index (κ2) is 4.22. The molecule has 0 N–H and O–H groups in total. The Labute approximate surface area is 82.7 Å². The molecule has 1 aromatic carbocycles. The quantitative estimate of drug-likeness (QED) is 0.679. The van der Waals surface area contributed by atoms with Gasteiger partial charge in [-0.1, -0.05) is 6.92 Å². The highest BCUT2D eigenvalue weighted by molar-refractivity contribution is 5.89. The number of halogens is 1. The van der Waals surface area contributed by atoms with E-state index >= 15 is 0 Å². The number of benzene rings is 1. The van der Waals surface area contributed by atoms with Crippen molar-refractivity contribution in [3.8, 4) is 0 Å². The summed E-state index contributed by atoms with van der Waals surface area (Å²) < 4.78 is 17.9. The van der Waals surface area contributed by atoms with Gasteiger partial charge in [0, 0.05) is 0 Å². The minimum atomic E-state index is -0.505.